The molecule has 3 rings (SSSR count). The van der Waals surface area contributed by atoms with Gasteiger partial charge in [-0.05, 0) is 31.4 Å². The van der Waals surface area contributed by atoms with E-state index in [-0.39, 0.29) is 11.8 Å². The summed E-state index contributed by atoms with van der Waals surface area (Å²) in [6.45, 7) is 2.59. The Labute approximate surface area is 125 Å². The second kappa shape index (κ2) is 5.77. The molecule has 1 aromatic carbocycles. The van der Waals surface area contributed by atoms with Crippen LogP contribution < -0.4 is 0 Å². The van der Waals surface area contributed by atoms with Crippen LogP contribution in [0, 0.1) is 5.92 Å². The van der Waals surface area contributed by atoms with Crippen LogP contribution in [0.1, 0.15) is 19.3 Å². The quantitative estimate of drug-likeness (QED) is 0.846. The van der Waals surface area contributed by atoms with Gasteiger partial charge in [-0.2, -0.15) is 4.31 Å². The number of benzene rings is 1. The number of nitrogens with zero attached hydrogens (tertiary/aromatic N) is 2. The van der Waals surface area contributed by atoms with Gasteiger partial charge >= 0.3 is 0 Å². The molecule has 0 radical (unpaired) electrons. The van der Waals surface area contributed by atoms with Crippen molar-refractivity contribution in [3.8, 4) is 0 Å². The number of carbonyl (C=O) groups excluding carboxylic acids is 1. The molecule has 1 aromatic rings. The molecule has 1 amide bonds. The van der Waals surface area contributed by atoms with Crippen molar-refractivity contribution in [2.24, 2.45) is 5.92 Å². The molecule has 0 N–H and O–H groups in total. The molecule has 0 unspecified atom stereocenters. The molecule has 0 spiro atoms. The minimum absolute atomic E-state index is 0.00692. The molecular weight excluding hydrogens is 288 g/mol. The van der Waals surface area contributed by atoms with E-state index in [0.29, 0.717) is 30.8 Å². The third kappa shape index (κ3) is 2.82. The molecule has 5 nitrogen and oxygen atoms in total. The van der Waals surface area contributed by atoms with Gasteiger partial charge in [0.15, 0.2) is 0 Å². The van der Waals surface area contributed by atoms with Gasteiger partial charge in [-0.25, -0.2) is 8.42 Å². The summed E-state index contributed by atoms with van der Waals surface area (Å²) in [5, 5.41) is 0. The zero-order valence-electron chi connectivity index (χ0n) is 11.9. The predicted octanol–water partition coefficient (Wildman–Crippen LogP) is 1.32. The first-order chi connectivity index (χ1) is 10.1. The average Bonchev–Trinajstić information content (AvgIpc) is 2.46. The molecule has 2 fully saturated rings. The van der Waals surface area contributed by atoms with E-state index >= 15 is 0 Å². The highest BCUT2D eigenvalue weighted by Crippen LogP contribution is 2.26. The van der Waals surface area contributed by atoms with Crippen LogP contribution in [-0.2, 0) is 14.8 Å². The van der Waals surface area contributed by atoms with Gasteiger partial charge in [0, 0.05) is 32.1 Å². The third-order valence-electron chi connectivity index (χ3n) is 4.35. The summed E-state index contributed by atoms with van der Waals surface area (Å²) in [6.07, 6.45) is 2.34. The minimum Gasteiger partial charge on any atom is -0.342 e. The van der Waals surface area contributed by atoms with Crippen LogP contribution in [0.2, 0.25) is 0 Å². The summed E-state index contributed by atoms with van der Waals surface area (Å²) in [5.41, 5.74) is 0. The van der Waals surface area contributed by atoms with Crippen LogP contribution in [0.25, 0.3) is 0 Å². The Balaban J connectivity index is 1.64. The maximum Gasteiger partial charge on any atom is 0.243 e. The molecular formula is C15H20N2O3S. The lowest BCUT2D eigenvalue weighted by Crippen LogP contribution is -2.48. The number of carbonyl (C=O) groups is 1. The van der Waals surface area contributed by atoms with Gasteiger partial charge < -0.3 is 4.90 Å². The van der Waals surface area contributed by atoms with Crippen LogP contribution >= 0.6 is 0 Å². The van der Waals surface area contributed by atoms with Crippen LogP contribution in [0.5, 0.6) is 0 Å². The monoisotopic (exact) mass is 308 g/mol. The molecule has 114 valence electrons. The van der Waals surface area contributed by atoms with Gasteiger partial charge in [0.1, 0.15) is 0 Å². The van der Waals surface area contributed by atoms with E-state index in [2.05, 4.69) is 0 Å². The molecule has 0 saturated carbocycles. The summed E-state index contributed by atoms with van der Waals surface area (Å²) in [7, 11) is -3.41. The Morgan fingerprint density at radius 1 is 1.00 bits per heavy atom. The van der Waals surface area contributed by atoms with E-state index in [1.807, 2.05) is 4.90 Å². The SMILES string of the molecule is O=C(C1CCN(S(=O)(=O)c2ccccc2)CC1)N1CCC1. The lowest BCUT2D eigenvalue weighted by Gasteiger charge is -2.37. The molecule has 2 heterocycles. The fourth-order valence-corrected chi connectivity index (χ4v) is 4.37. The Kier molecular flexibility index (Phi) is 3.99. The second-order valence-corrected chi connectivity index (χ2v) is 7.61. The van der Waals surface area contributed by atoms with E-state index < -0.39 is 10.0 Å². The van der Waals surface area contributed by atoms with Crippen molar-refractivity contribution >= 4 is 15.9 Å². The van der Waals surface area contributed by atoms with Crippen molar-refractivity contribution in [3.05, 3.63) is 30.3 Å². The predicted molar refractivity (Wildman–Crippen MR) is 79.1 cm³/mol. The molecule has 21 heavy (non-hydrogen) atoms. The molecule has 2 aliphatic rings. The highest BCUT2D eigenvalue weighted by molar-refractivity contribution is 7.89. The van der Waals surface area contributed by atoms with Crippen molar-refractivity contribution in [3.63, 3.8) is 0 Å². The summed E-state index contributed by atoms with van der Waals surface area (Å²) < 4.78 is 26.5. The minimum atomic E-state index is -3.41. The van der Waals surface area contributed by atoms with Crippen molar-refractivity contribution < 1.29 is 13.2 Å². The molecule has 0 atom stereocenters. The molecule has 2 saturated heterocycles. The molecule has 0 aromatic heterocycles. The first-order valence-electron chi connectivity index (χ1n) is 7.43. The molecule has 0 bridgehead atoms. The topological polar surface area (TPSA) is 57.7 Å². The standard InChI is InChI=1S/C15H20N2O3S/c18-15(16-9-4-10-16)13-7-11-17(12-8-13)21(19,20)14-5-2-1-3-6-14/h1-3,5-6,13H,4,7-12H2. The van der Waals surface area contributed by atoms with Crippen molar-refractivity contribution in [2.75, 3.05) is 26.2 Å². The van der Waals surface area contributed by atoms with Crippen molar-refractivity contribution in [1.29, 1.82) is 0 Å². The number of likely N-dealkylation sites (tertiary alicyclic amines) is 1. The van der Waals surface area contributed by atoms with Crippen molar-refractivity contribution in [1.82, 2.24) is 9.21 Å². The summed E-state index contributed by atoms with van der Waals surface area (Å²) in [5.74, 6) is 0.200. The number of piperidine rings is 1. The van der Waals surface area contributed by atoms with E-state index in [9.17, 15) is 13.2 Å². The number of hydrogen-bond donors (Lipinski definition) is 0. The fraction of sp³-hybridized carbons (Fsp3) is 0.533. The number of sulfonamides is 1. The summed E-state index contributed by atoms with van der Waals surface area (Å²) >= 11 is 0. The molecule has 2 aliphatic heterocycles. The van der Waals surface area contributed by atoms with E-state index in [4.69, 9.17) is 0 Å². The number of rotatable bonds is 3. The normalized spacial score (nSPS) is 21.0. The highest BCUT2D eigenvalue weighted by atomic mass is 32.2. The zero-order valence-corrected chi connectivity index (χ0v) is 12.8. The van der Waals surface area contributed by atoms with Gasteiger partial charge in [0.25, 0.3) is 0 Å². The smallest absolute Gasteiger partial charge is 0.243 e. The first kappa shape index (κ1) is 14.5. The Morgan fingerprint density at radius 2 is 1.62 bits per heavy atom. The first-order valence-corrected chi connectivity index (χ1v) is 8.87. The Bertz CT molecular complexity index is 603. The van der Waals surface area contributed by atoms with E-state index in [1.54, 1.807) is 30.3 Å². The lowest BCUT2D eigenvalue weighted by molar-refractivity contribution is -0.140. The average molecular weight is 308 g/mol. The van der Waals surface area contributed by atoms with Gasteiger partial charge in [-0.15, -0.1) is 0 Å². The maximum absolute atomic E-state index is 12.5. The van der Waals surface area contributed by atoms with Crippen molar-refractivity contribution in [2.45, 2.75) is 24.2 Å². The third-order valence-corrected chi connectivity index (χ3v) is 6.26. The number of amides is 1. The maximum atomic E-state index is 12.5. The highest BCUT2D eigenvalue weighted by Gasteiger charge is 2.34. The molecule has 0 aliphatic carbocycles. The summed E-state index contributed by atoms with van der Waals surface area (Å²) in [6, 6.07) is 8.50. The van der Waals surface area contributed by atoms with Gasteiger partial charge in [0.2, 0.25) is 15.9 Å². The van der Waals surface area contributed by atoms with Gasteiger partial charge in [0.05, 0.1) is 4.90 Å². The fourth-order valence-electron chi connectivity index (χ4n) is 2.88. The Morgan fingerprint density at radius 3 is 2.14 bits per heavy atom. The number of hydrogen-bond acceptors (Lipinski definition) is 3. The zero-order chi connectivity index (χ0) is 14.9. The van der Waals surface area contributed by atoms with Crippen LogP contribution in [0.15, 0.2) is 35.2 Å². The van der Waals surface area contributed by atoms with Gasteiger partial charge in [-0.3, -0.25) is 4.79 Å². The van der Waals surface area contributed by atoms with E-state index in [1.165, 1.54) is 4.31 Å². The lowest BCUT2D eigenvalue weighted by atomic mass is 9.95. The largest absolute Gasteiger partial charge is 0.342 e. The Hall–Kier alpha value is -1.40. The summed E-state index contributed by atoms with van der Waals surface area (Å²) in [4.78, 5) is 14.4. The van der Waals surface area contributed by atoms with Crippen LogP contribution in [0.4, 0.5) is 0 Å². The second-order valence-electron chi connectivity index (χ2n) is 5.67. The molecule has 6 heteroatoms. The van der Waals surface area contributed by atoms with Gasteiger partial charge in [-0.1, -0.05) is 18.2 Å². The van der Waals surface area contributed by atoms with E-state index in [0.717, 1.165) is 19.5 Å². The van der Waals surface area contributed by atoms with Crippen LogP contribution in [0.3, 0.4) is 0 Å². The van der Waals surface area contributed by atoms with Crippen LogP contribution in [-0.4, -0.2) is 49.7 Å².